The Balaban J connectivity index is 2.14. The molecule has 0 spiro atoms. The number of hydrogen-bond donors (Lipinski definition) is 2. The zero-order valence-corrected chi connectivity index (χ0v) is 12.2. The quantitative estimate of drug-likeness (QED) is 0.899. The maximum absolute atomic E-state index is 12.2. The molecule has 2 aromatic rings. The van der Waals surface area contributed by atoms with E-state index in [9.17, 15) is 4.79 Å². The van der Waals surface area contributed by atoms with Crippen molar-refractivity contribution in [2.75, 3.05) is 12.4 Å². The highest BCUT2D eigenvalue weighted by atomic mass is 16.5. The molecular weight excluding hydrogens is 254 g/mol. The highest BCUT2D eigenvalue weighted by Crippen LogP contribution is 2.25. The fraction of sp³-hybridized carbons (Fsp3) is 0.333. The van der Waals surface area contributed by atoms with Crippen molar-refractivity contribution in [2.24, 2.45) is 0 Å². The molecule has 2 N–H and O–H groups in total. The van der Waals surface area contributed by atoms with Gasteiger partial charge in [-0.05, 0) is 38.5 Å². The average Bonchev–Trinajstić information content (AvgIpc) is 2.71. The number of amides is 1. The largest absolute Gasteiger partial charge is 0.495 e. The van der Waals surface area contributed by atoms with E-state index in [0.29, 0.717) is 17.9 Å². The summed E-state index contributed by atoms with van der Waals surface area (Å²) in [5, 5.41) is 9.87. The third-order valence-electron chi connectivity index (χ3n) is 3.25. The predicted octanol–water partition coefficient (Wildman–Crippen LogP) is 2.52. The van der Waals surface area contributed by atoms with E-state index < -0.39 is 0 Å². The van der Waals surface area contributed by atoms with Gasteiger partial charge in [-0.1, -0.05) is 6.07 Å². The standard InChI is InChI=1S/C15H19N3O2/c1-9-5-6-14(20-4)13(7-9)16-15(19)8-12-10(2)17-18-11(12)3/h5-7H,8H2,1-4H3,(H,16,19)(H,17,18). The van der Waals surface area contributed by atoms with E-state index >= 15 is 0 Å². The molecule has 0 aliphatic carbocycles. The summed E-state index contributed by atoms with van der Waals surface area (Å²) < 4.78 is 5.25. The molecule has 106 valence electrons. The van der Waals surface area contributed by atoms with Crippen LogP contribution in [0, 0.1) is 20.8 Å². The molecule has 0 saturated heterocycles. The summed E-state index contributed by atoms with van der Waals surface area (Å²) in [6.45, 7) is 5.77. The highest BCUT2D eigenvalue weighted by Gasteiger charge is 2.13. The van der Waals surface area contributed by atoms with Crippen molar-refractivity contribution in [1.29, 1.82) is 0 Å². The molecule has 0 radical (unpaired) electrons. The maximum Gasteiger partial charge on any atom is 0.229 e. The molecule has 0 fully saturated rings. The van der Waals surface area contributed by atoms with Crippen LogP contribution in [-0.2, 0) is 11.2 Å². The van der Waals surface area contributed by atoms with Crippen molar-refractivity contribution in [3.8, 4) is 5.75 Å². The molecule has 0 aliphatic rings. The number of methoxy groups -OCH3 is 1. The Hall–Kier alpha value is -2.30. The Bertz CT molecular complexity index is 613. The second kappa shape index (κ2) is 5.77. The van der Waals surface area contributed by atoms with Gasteiger partial charge in [-0.25, -0.2) is 0 Å². The summed E-state index contributed by atoms with van der Waals surface area (Å²) in [7, 11) is 1.59. The first-order valence-corrected chi connectivity index (χ1v) is 6.46. The molecule has 0 atom stereocenters. The number of anilines is 1. The van der Waals surface area contributed by atoms with Crippen LogP contribution in [-0.4, -0.2) is 23.2 Å². The van der Waals surface area contributed by atoms with Crippen molar-refractivity contribution in [2.45, 2.75) is 27.2 Å². The lowest BCUT2D eigenvalue weighted by atomic mass is 10.1. The molecule has 2 rings (SSSR count). The molecule has 1 heterocycles. The Labute approximate surface area is 118 Å². The number of benzene rings is 1. The van der Waals surface area contributed by atoms with E-state index in [1.165, 1.54) is 0 Å². The number of aromatic nitrogens is 2. The number of carbonyl (C=O) groups excluding carboxylic acids is 1. The number of nitrogens with one attached hydrogen (secondary N) is 2. The highest BCUT2D eigenvalue weighted by molar-refractivity contribution is 5.94. The van der Waals surface area contributed by atoms with E-state index in [1.807, 2.05) is 39.0 Å². The number of aryl methyl sites for hydroxylation is 3. The molecule has 1 aromatic heterocycles. The van der Waals surface area contributed by atoms with E-state index in [4.69, 9.17) is 4.74 Å². The lowest BCUT2D eigenvalue weighted by molar-refractivity contribution is -0.115. The van der Waals surface area contributed by atoms with E-state index in [1.54, 1.807) is 7.11 Å². The van der Waals surface area contributed by atoms with Gasteiger partial charge >= 0.3 is 0 Å². The first kappa shape index (κ1) is 14.1. The third kappa shape index (κ3) is 2.99. The SMILES string of the molecule is COc1ccc(C)cc1NC(=O)Cc1c(C)n[nH]c1C. The molecule has 20 heavy (non-hydrogen) atoms. The maximum atomic E-state index is 12.2. The molecule has 0 saturated carbocycles. The molecular formula is C15H19N3O2. The fourth-order valence-corrected chi connectivity index (χ4v) is 2.11. The average molecular weight is 273 g/mol. The Kier molecular flexibility index (Phi) is 4.08. The summed E-state index contributed by atoms with van der Waals surface area (Å²) >= 11 is 0. The van der Waals surface area contributed by atoms with Gasteiger partial charge < -0.3 is 10.1 Å². The summed E-state index contributed by atoms with van der Waals surface area (Å²) in [6, 6.07) is 5.68. The lowest BCUT2D eigenvalue weighted by Gasteiger charge is -2.11. The number of carbonyl (C=O) groups is 1. The first-order chi connectivity index (χ1) is 9.51. The predicted molar refractivity (Wildman–Crippen MR) is 78.1 cm³/mol. The minimum atomic E-state index is -0.0819. The van der Waals surface area contributed by atoms with Crippen LogP contribution in [0.25, 0.3) is 0 Å². The van der Waals surface area contributed by atoms with Gasteiger partial charge in [0.05, 0.1) is 24.9 Å². The van der Waals surface area contributed by atoms with Crippen LogP contribution in [0.5, 0.6) is 5.75 Å². The van der Waals surface area contributed by atoms with Crippen molar-refractivity contribution in [3.63, 3.8) is 0 Å². The fourth-order valence-electron chi connectivity index (χ4n) is 2.11. The number of aromatic amines is 1. The van der Waals surface area contributed by atoms with Crippen molar-refractivity contribution < 1.29 is 9.53 Å². The van der Waals surface area contributed by atoms with Crippen LogP contribution in [0.15, 0.2) is 18.2 Å². The molecule has 5 heteroatoms. The molecule has 0 unspecified atom stereocenters. The number of rotatable bonds is 4. The molecule has 1 amide bonds. The van der Waals surface area contributed by atoms with Crippen LogP contribution in [0.1, 0.15) is 22.5 Å². The second-order valence-corrected chi connectivity index (χ2v) is 4.84. The smallest absolute Gasteiger partial charge is 0.229 e. The molecule has 0 bridgehead atoms. The van der Waals surface area contributed by atoms with Gasteiger partial charge in [0.2, 0.25) is 5.91 Å². The van der Waals surface area contributed by atoms with Gasteiger partial charge in [-0.3, -0.25) is 9.89 Å². The summed E-state index contributed by atoms with van der Waals surface area (Å²) in [5.74, 6) is 0.575. The van der Waals surface area contributed by atoms with E-state index in [2.05, 4.69) is 15.5 Å². The second-order valence-electron chi connectivity index (χ2n) is 4.84. The van der Waals surface area contributed by atoms with Gasteiger partial charge in [0.1, 0.15) is 5.75 Å². The van der Waals surface area contributed by atoms with Crippen LogP contribution < -0.4 is 10.1 Å². The summed E-state index contributed by atoms with van der Waals surface area (Å²) in [6.07, 6.45) is 0.297. The first-order valence-electron chi connectivity index (χ1n) is 6.46. The van der Waals surface area contributed by atoms with Gasteiger partial charge in [0, 0.05) is 11.3 Å². The number of nitrogens with zero attached hydrogens (tertiary/aromatic N) is 1. The van der Waals surface area contributed by atoms with E-state index in [-0.39, 0.29) is 5.91 Å². The van der Waals surface area contributed by atoms with Crippen LogP contribution >= 0.6 is 0 Å². The monoisotopic (exact) mass is 273 g/mol. The number of ether oxygens (including phenoxy) is 1. The van der Waals surface area contributed by atoms with Crippen molar-refractivity contribution >= 4 is 11.6 Å². The van der Waals surface area contributed by atoms with Crippen LogP contribution in [0.2, 0.25) is 0 Å². The van der Waals surface area contributed by atoms with Gasteiger partial charge in [-0.15, -0.1) is 0 Å². The summed E-state index contributed by atoms with van der Waals surface area (Å²) in [4.78, 5) is 12.2. The van der Waals surface area contributed by atoms with Crippen LogP contribution in [0.3, 0.4) is 0 Å². The topological polar surface area (TPSA) is 67.0 Å². The zero-order chi connectivity index (χ0) is 14.7. The Morgan fingerprint density at radius 3 is 2.70 bits per heavy atom. The van der Waals surface area contributed by atoms with Crippen LogP contribution in [0.4, 0.5) is 5.69 Å². The lowest BCUT2D eigenvalue weighted by Crippen LogP contribution is -2.16. The Morgan fingerprint density at radius 2 is 2.10 bits per heavy atom. The molecule has 1 aromatic carbocycles. The van der Waals surface area contributed by atoms with Gasteiger partial charge in [0.15, 0.2) is 0 Å². The molecule has 0 aliphatic heterocycles. The van der Waals surface area contributed by atoms with Crippen molar-refractivity contribution in [3.05, 3.63) is 40.7 Å². The normalized spacial score (nSPS) is 10.4. The minimum Gasteiger partial charge on any atom is -0.495 e. The van der Waals surface area contributed by atoms with Gasteiger partial charge in [-0.2, -0.15) is 5.10 Å². The Morgan fingerprint density at radius 1 is 1.35 bits per heavy atom. The summed E-state index contributed by atoms with van der Waals surface area (Å²) in [5.41, 5.74) is 4.48. The minimum absolute atomic E-state index is 0.0819. The van der Waals surface area contributed by atoms with E-state index in [0.717, 1.165) is 22.5 Å². The zero-order valence-electron chi connectivity index (χ0n) is 12.2. The number of H-pyrrole nitrogens is 1. The number of hydrogen-bond acceptors (Lipinski definition) is 3. The molecule has 5 nitrogen and oxygen atoms in total. The van der Waals surface area contributed by atoms with Crippen molar-refractivity contribution in [1.82, 2.24) is 10.2 Å². The van der Waals surface area contributed by atoms with Gasteiger partial charge in [0.25, 0.3) is 0 Å². The third-order valence-corrected chi connectivity index (χ3v) is 3.25.